The monoisotopic (exact) mass is 336 g/mol. The van der Waals surface area contributed by atoms with E-state index in [1.165, 1.54) is 4.57 Å². The molecule has 4 rings (SSSR count). The highest BCUT2D eigenvalue weighted by Gasteiger charge is 2.22. The molecule has 3 heterocycles. The average molecular weight is 336 g/mol. The number of benzene rings is 1. The molecule has 6 heteroatoms. The van der Waals surface area contributed by atoms with Crippen molar-refractivity contribution in [3.8, 4) is 11.4 Å². The van der Waals surface area contributed by atoms with E-state index in [9.17, 15) is 9.59 Å². The SMILES string of the molecule is Cc1cc2c(=O)n(CC(=O)N3CCCC3)c(-c3ccccc3)nc2[nH]1. The fraction of sp³-hybridized carbons (Fsp3) is 0.316. The molecule has 1 saturated heterocycles. The third-order valence-electron chi connectivity index (χ3n) is 4.66. The number of H-pyrrole nitrogens is 1. The summed E-state index contributed by atoms with van der Waals surface area (Å²) in [6.07, 6.45) is 2.06. The highest BCUT2D eigenvalue weighted by molar-refractivity contribution is 5.80. The number of aryl methyl sites for hydroxylation is 1. The molecule has 1 aliphatic heterocycles. The van der Waals surface area contributed by atoms with Crippen molar-refractivity contribution in [3.63, 3.8) is 0 Å². The number of carbonyl (C=O) groups is 1. The molecule has 0 spiro atoms. The lowest BCUT2D eigenvalue weighted by Crippen LogP contribution is -2.35. The molecule has 6 nitrogen and oxygen atoms in total. The Morgan fingerprint density at radius 1 is 1.20 bits per heavy atom. The smallest absolute Gasteiger partial charge is 0.263 e. The minimum Gasteiger partial charge on any atom is -0.343 e. The van der Waals surface area contributed by atoms with Crippen LogP contribution in [-0.2, 0) is 11.3 Å². The predicted molar refractivity (Wildman–Crippen MR) is 96.3 cm³/mol. The Kier molecular flexibility index (Phi) is 3.87. The highest BCUT2D eigenvalue weighted by Crippen LogP contribution is 2.19. The number of hydrogen-bond donors (Lipinski definition) is 1. The summed E-state index contributed by atoms with van der Waals surface area (Å²) in [7, 11) is 0. The van der Waals surface area contributed by atoms with Crippen molar-refractivity contribution >= 4 is 16.9 Å². The maximum absolute atomic E-state index is 13.0. The first-order chi connectivity index (χ1) is 12.1. The minimum atomic E-state index is -0.180. The van der Waals surface area contributed by atoms with Crippen LogP contribution in [0.3, 0.4) is 0 Å². The van der Waals surface area contributed by atoms with Crippen LogP contribution in [0.25, 0.3) is 22.4 Å². The van der Waals surface area contributed by atoms with Crippen molar-refractivity contribution in [1.29, 1.82) is 0 Å². The second kappa shape index (κ2) is 6.20. The Morgan fingerprint density at radius 2 is 1.92 bits per heavy atom. The molecule has 0 aliphatic carbocycles. The van der Waals surface area contributed by atoms with Gasteiger partial charge in [-0.1, -0.05) is 30.3 Å². The number of fused-ring (bicyclic) bond motifs is 1. The molecule has 25 heavy (non-hydrogen) atoms. The van der Waals surface area contributed by atoms with Gasteiger partial charge in [-0.15, -0.1) is 0 Å². The largest absolute Gasteiger partial charge is 0.343 e. The number of hydrogen-bond acceptors (Lipinski definition) is 3. The fourth-order valence-corrected chi connectivity index (χ4v) is 3.39. The van der Waals surface area contributed by atoms with Crippen molar-refractivity contribution in [2.45, 2.75) is 26.3 Å². The minimum absolute atomic E-state index is 0.0230. The van der Waals surface area contributed by atoms with Gasteiger partial charge in [-0.05, 0) is 25.8 Å². The molecule has 0 saturated carbocycles. The van der Waals surface area contributed by atoms with Crippen LogP contribution in [0.1, 0.15) is 18.5 Å². The van der Waals surface area contributed by atoms with Crippen LogP contribution >= 0.6 is 0 Å². The number of nitrogens with zero attached hydrogens (tertiary/aromatic N) is 3. The molecule has 0 atom stereocenters. The number of aromatic nitrogens is 3. The van der Waals surface area contributed by atoms with Gasteiger partial charge in [0.15, 0.2) is 0 Å². The molecule has 0 bridgehead atoms. The van der Waals surface area contributed by atoms with Crippen LogP contribution in [0, 0.1) is 6.92 Å². The van der Waals surface area contributed by atoms with E-state index in [1.54, 1.807) is 6.07 Å². The van der Waals surface area contributed by atoms with E-state index in [0.29, 0.717) is 16.9 Å². The maximum Gasteiger partial charge on any atom is 0.263 e. The molecule has 0 unspecified atom stereocenters. The lowest BCUT2D eigenvalue weighted by atomic mass is 10.2. The zero-order valence-corrected chi connectivity index (χ0v) is 14.2. The summed E-state index contributed by atoms with van der Waals surface area (Å²) in [5, 5.41) is 0.520. The molecule has 1 N–H and O–H groups in total. The van der Waals surface area contributed by atoms with Gasteiger partial charge in [0.2, 0.25) is 5.91 Å². The first-order valence-electron chi connectivity index (χ1n) is 8.57. The molecular weight excluding hydrogens is 316 g/mol. The summed E-state index contributed by atoms with van der Waals surface area (Å²) in [5.41, 5.74) is 2.08. The number of nitrogens with one attached hydrogen (secondary N) is 1. The van der Waals surface area contributed by atoms with Gasteiger partial charge >= 0.3 is 0 Å². The Balaban J connectivity index is 1.86. The van der Waals surface area contributed by atoms with Gasteiger partial charge in [0.1, 0.15) is 18.0 Å². The molecule has 0 radical (unpaired) electrons. The van der Waals surface area contributed by atoms with Gasteiger partial charge < -0.3 is 9.88 Å². The van der Waals surface area contributed by atoms with Crippen LogP contribution in [0.2, 0.25) is 0 Å². The van der Waals surface area contributed by atoms with Crippen molar-refractivity contribution in [1.82, 2.24) is 19.4 Å². The van der Waals surface area contributed by atoms with Gasteiger partial charge in [0.25, 0.3) is 5.56 Å². The third kappa shape index (κ3) is 2.84. The number of amides is 1. The van der Waals surface area contributed by atoms with Crippen LogP contribution in [0.5, 0.6) is 0 Å². The van der Waals surface area contributed by atoms with E-state index in [-0.39, 0.29) is 18.0 Å². The van der Waals surface area contributed by atoms with Crippen molar-refractivity contribution < 1.29 is 4.79 Å². The highest BCUT2D eigenvalue weighted by atomic mass is 16.2. The molecule has 3 aromatic rings. The van der Waals surface area contributed by atoms with Crippen LogP contribution < -0.4 is 5.56 Å². The molecule has 1 fully saturated rings. The zero-order valence-electron chi connectivity index (χ0n) is 14.2. The zero-order chi connectivity index (χ0) is 17.4. The predicted octanol–water partition coefficient (Wildman–Crippen LogP) is 2.32. The Bertz CT molecular complexity index is 982. The van der Waals surface area contributed by atoms with Crippen LogP contribution in [0.15, 0.2) is 41.2 Å². The Labute approximate surface area is 145 Å². The van der Waals surface area contributed by atoms with Gasteiger partial charge in [-0.25, -0.2) is 4.98 Å². The van der Waals surface area contributed by atoms with E-state index >= 15 is 0 Å². The standard InChI is InChI=1S/C19H20N4O2/c1-13-11-15-17(20-13)21-18(14-7-3-2-4-8-14)23(19(15)25)12-16(24)22-9-5-6-10-22/h2-4,7-8,11,20H,5-6,9-10,12H2,1H3. The maximum atomic E-state index is 13.0. The second-order valence-electron chi connectivity index (χ2n) is 6.50. The lowest BCUT2D eigenvalue weighted by Gasteiger charge is -2.18. The molecule has 1 amide bonds. The van der Waals surface area contributed by atoms with Gasteiger partial charge in [0.05, 0.1) is 5.39 Å². The van der Waals surface area contributed by atoms with Crippen LogP contribution in [0.4, 0.5) is 0 Å². The third-order valence-corrected chi connectivity index (χ3v) is 4.66. The summed E-state index contributed by atoms with van der Waals surface area (Å²) in [6, 6.07) is 11.3. The summed E-state index contributed by atoms with van der Waals surface area (Å²) in [6.45, 7) is 3.46. The summed E-state index contributed by atoms with van der Waals surface area (Å²) in [5.74, 6) is 0.498. The fourth-order valence-electron chi connectivity index (χ4n) is 3.39. The number of rotatable bonds is 3. The molecule has 1 aromatic carbocycles. The van der Waals surface area contributed by atoms with E-state index in [4.69, 9.17) is 0 Å². The van der Waals surface area contributed by atoms with Crippen molar-refractivity contribution in [2.75, 3.05) is 13.1 Å². The number of carbonyl (C=O) groups excluding carboxylic acids is 1. The topological polar surface area (TPSA) is 71.0 Å². The number of likely N-dealkylation sites (tertiary alicyclic amines) is 1. The summed E-state index contributed by atoms with van der Waals surface area (Å²) < 4.78 is 1.51. The normalized spacial score (nSPS) is 14.4. The second-order valence-corrected chi connectivity index (χ2v) is 6.50. The lowest BCUT2D eigenvalue weighted by molar-refractivity contribution is -0.130. The van der Waals surface area contributed by atoms with Crippen molar-refractivity contribution in [2.24, 2.45) is 0 Å². The summed E-state index contributed by atoms with van der Waals surface area (Å²) in [4.78, 5) is 35.2. The number of aromatic amines is 1. The average Bonchev–Trinajstić information content (AvgIpc) is 3.27. The molecule has 2 aromatic heterocycles. The molecule has 1 aliphatic rings. The quantitative estimate of drug-likeness (QED) is 0.798. The van der Waals surface area contributed by atoms with Gasteiger partial charge in [-0.2, -0.15) is 0 Å². The van der Waals surface area contributed by atoms with E-state index < -0.39 is 0 Å². The first kappa shape index (κ1) is 15.6. The molecule has 128 valence electrons. The first-order valence-corrected chi connectivity index (χ1v) is 8.57. The van der Waals surface area contributed by atoms with Gasteiger partial charge in [-0.3, -0.25) is 14.2 Å². The van der Waals surface area contributed by atoms with E-state index in [0.717, 1.165) is 37.2 Å². The Morgan fingerprint density at radius 3 is 2.64 bits per heavy atom. The van der Waals surface area contributed by atoms with E-state index in [1.807, 2.05) is 42.2 Å². The Hall–Kier alpha value is -2.89. The van der Waals surface area contributed by atoms with Crippen LogP contribution in [-0.4, -0.2) is 38.4 Å². The van der Waals surface area contributed by atoms with Gasteiger partial charge in [0, 0.05) is 24.3 Å². The van der Waals surface area contributed by atoms with E-state index in [2.05, 4.69) is 9.97 Å². The van der Waals surface area contributed by atoms with Crippen molar-refractivity contribution in [3.05, 3.63) is 52.4 Å². The molecular formula is C19H20N4O2. The summed E-state index contributed by atoms with van der Waals surface area (Å²) >= 11 is 0.